The summed E-state index contributed by atoms with van der Waals surface area (Å²) in [5.74, 6) is 0.612. The van der Waals surface area contributed by atoms with Crippen molar-refractivity contribution in [3.63, 3.8) is 0 Å². The zero-order chi connectivity index (χ0) is 20.7. The first kappa shape index (κ1) is 18.0. The molecule has 0 fully saturated rings. The van der Waals surface area contributed by atoms with Gasteiger partial charge in [-0.05, 0) is 68.4 Å². The molecule has 6 nitrogen and oxygen atoms in total. The molecule has 3 aromatic carbocycles. The van der Waals surface area contributed by atoms with Crippen LogP contribution in [-0.2, 0) is 0 Å². The van der Waals surface area contributed by atoms with Crippen LogP contribution in [0.4, 0.5) is 5.69 Å². The van der Waals surface area contributed by atoms with Crippen LogP contribution in [0.15, 0.2) is 66.7 Å². The fraction of sp³-hybridized carbons (Fsp3) is 0.0833. The van der Waals surface area contributed by atoms with Crippen molar-refractivity contribution >= 4 is 33.7 Å². The standard InChI is InChI=1S/C24H19N5O/c1-14-15(2)26-22-13-17(9-12-21(22)25-14)24(30)27-18-10-7-16(8-11-18)23-28-19-5-3-4-6-20(19)29-23/h3-13H,1-2H3,(H,27,30)(H,28,29). The number of carbonyl (C=O) groups is 1. The van der Waals surface area contributed by atoms with Gasteiger partial charge in [0.1, 0.15) is 5.82 Å². The molecular weight excluding hydrogens is 374 g/mol. The molecule has 5 rings (SSSR count). The summed E-state index contributed by atoms with van der Waals surface area (Å²) >= 11 is 0. The SMILES string of the molecule is Cc1nc2ccc(C(=O)Nc3ccc(-c4nc5ccccc5[nH]4)cc3)cc2nc1C. The molecule has 2 N–H and O–H groups in total. The molecule has 0 atom stereocenters. The molecule has 30 heavy (non-hydrogen) atoms. The molecule has 146 valence electrons. The first-order chi connectivity index (χ1) is 14.6. The topological polar surface area (TPSA) is 83.6 Å². The fourth-order valence-corrected chi connectivity index (χ4v) is 3.38. The number of rotatable bonds is 3. The molecule has 0 aliphatic rings. The Morgan fingerprint density at radius 3 is 2.30 bits per heavy atom. The second-order valence-electron chi connectivity index (χ2n) is 7.23. The van der Waals surface area contributed by atoms with Crippen molar-refractivity contribution in [2.45, 2.75) is 13.8 Å². The normalized spacial score (nSPS) is 11.1. The van der Waals surface area contributed by atoms with Gasteiger partial charge in [-0.15, -0.1) is 0 Å². The van der Waals surface area contributed by atoms with Gasteiger partial charge >= 0.3 is 0 Å². The van der Waals surface area contributed by atoms with Crippen molar-refractivity contribution in [1.82, 2.24) is 19.9 Å². The van der Waals surface area contributed by atoms with Crippen LogP contribution in [-0.4, -0.2) is 25.8 Å². The van der Waals surface area contributed by atoms with Crippen LogP contribution in [0.2, 0.25) is 0 Å². The molecule has 0 saturated carbocycles. The lowest BCUT2D eigenvalue weighted by molar-refractivity contribution is 0.102. The van der Waals surface area contributed by atoms with E-state index in [9.17, 15) is 4.79 Å². The van der Waals surface area contributed by atoms with Gasteiger partial charge < -0.3 is 10.3 Å². The number of amides is 1. The number of aromatic nitrogens is 4. The number of imidazole rings is 1. The number of aryl methyl sites for hydroxylation is 2. The van der Waals surface area contributed by atoms with Crippen molar-refractivity contribution in [1.29, 1.82) is 0 Å². The van der Waals surface area contributed by atoms with Gasteiger partial charge in [-0.3, -0.25) is 4.79 Å². The highest BCUT2D eigenvalue weighted by Crippen LogP contribution is 2.22. The number of aromatic amines is 1. The van der Waals surface area contributed by atoms with Gasteiger partial charge in [0, 0.05) is 16.8 Å². The number of H-pyrrole nitrogens is 1. The van der Waals surface area contributed by atoms with E-state index >= 15 is 0 Å². The summed E-state index contributed by atoms with van der Waals surface area (Å²) in [6.45, 7) is 3.84. The molecule has 0 unspecified atom stereocenters. The average Bonchev–Trinajstić information content (AvgIpc) is 3.19. The smallest absolute Gasteiger partial charge is 0.255 e. The number of benzene rings is 3. The van der Waals surface area contributed by atoms with E-state index in [0.717, 1.165) is 39.3 Å². The van der Waals surface area contributed by atoms with Gasteiger partial charge in [-0.1, -0.05) is 12.1 Å². The second kappa shape index (κ2) is 7.08. The van der Waals surface area contributed by atoms with E-state index in [1.54, 1.807) is 12.1 Å². The quantitative estimate of drug-likeness (QED) is 0.450. The van der Waals surface area contributed by atoms with E-state index in [1.165, 1.54) is 0 Å². The molecule has 6 heteroatoms. The van der Waals surface area contributed by atoms with Crippen molar-refractivity contribution < 1.29 is 4.79 Å². The Labute approximate surface area is 173 Å². The van der Waals surface area contributed by atoms with Gasteiger partial charge in [-0.2, -0.15) is 0 Å². The summed E-state index contributed by atoms with van der Waals surface area (Å²) in [5.41, 5.74) is 7.38. The minimum atomic E-state index is -0.187. The summed E-state index contributed by atoms with van der Waals surface area (Å²) in [7, 11) is 0. The lowest BCUT2D eigenvalue weighted by Crippen LogP contribution is -2.12. The molecule has 0 saturated heterocycles. The highest BCUT2D eigenvalue weighted by molar-refractivity contribution is 6.06. The van der Waals surface area contributed by atoms with Gasteiger partial charge in [0.15, 0.2) is 0 Å². The maximum Gasteiger partial charge on any atom is 0.255 e. The number of nitrogens with zero attached hydrogens (tertiary/aromatic N) is 3. The lowest BCUT2D eigenvalue weighted by atomic mass is 10.1. The molecule has 0 spiro atoms. The number of para-hydroxylation sites is 2. The Hall–Kier alpha value is -4.06. The van der Waals surface area contributed by atoms with Crippen LogP contribution in [0.25, 0.3) is 33.5 Å². The number of hydrogen-bond acceptors (Lipinski definition) is 4. The number of carbonyl (C=O) groups excluding carboxylic acids is 1. The predicted molar refractivity (Wildman–Crippen MR) is 118 cm³/mol. The maximum absolute atomic E-state index is 12.7. The Kier molecular flexibility index (Phi) is 4.25. The van der Waals surface area contributed by atoms with Gasteiger partial charge in [0.2, 0.25) is 0 Å². The Morgan fingerprint density at radius 1 is 0.800 bits per heavy atom. The summed E-state index contributed by atoms with van der Waals surface area (Å²) in [6.07, 6.45) is 0. The zero-order valence-electron chi connectivity index (χ0n) is 16.6. The molecule has 0 bridgehead atoms. The van der Waals surface area contributed by atoms with Gasteiger partial charge in [-0.25, -0.2) is 15.0 Å². The highest BCUT2D eigenvalue weighted by Gasteiger charge is 2.10. The third-order valence-corrected chi connectivity index (χ3v) is 5.14. The van der Waals surface area contributed by atoms with E-state index in [4.69, 9.17) is 0 Å². The first-order valence-electron chi connectivity index (χ1n) is 9.68. The minimum absolute atomic E-state index is 0.187. The molecular formula is C24H19N5O. The molecule has 0 radical (unpaired) electrons. The van der Waals surface area contributed by atoms with Crippen LogP contribution in [0.1, 0.15) is 21.7 Å². The summed E-state index contributed by atoms with van der Waals surface area (Å²) < 4.78 is 0. The number of fused-ring (bicyclic) bond motifs is 2. The van der Waals surface area contributed by atoms with Crippen molar-refractivity contribution in [2.24, 2.45) is 0 Å². The summed E-state index contributed by atoms with van der Waals surface area (Å²) in [4.78, 5) is 29.7. The van der Waals surface area contributed by atoms with Crippen LogP contribution in [0.5, 0.6) is 0 Å². The van der Waals surface area contributed by atoms with E-state index in [0.29, 0.717) is 16.8 Å². The second-order valence-corrected chi connectivity index (χ2v) is 7.23. The lowest BCUT2D eigenvalue weighted by Gasteiger charge is -2.08. The number of nitrogens with one attached hydrogen (secondary N) is 2. The average molecular weight is 393 g/mol. The zero-order valence-corrected chi connectivity index (χ0v) is 16.6. The Morgan fingerprint density at radius 2 is 1.53 bits per heavy atom. The number of anilines is 1. The van der Waals surface area contributed by atoms with Crippen LogP contribution in [0.3, 0.4) is 0 Å². The fourth-order valence-electron chi connectivity index (χ4n) is 3.38. The third kappa shape index (κ3) is 3.28. The van der Waals surface area contributed by atoms with E-state index in [1.807, 2.05) is 68.4 Å². The molecule has 1 amide bonds. The molecule has 0 aliphatic heterocycles. The van der Waals surface area contributed by atoms with Gasteiger partial charge in [0.25, 0.3) is 5.91 Å². The first-order valence-corrected chi connectivity index (χ1v) is 9.68. The summed E-state index contributed by atoms with van der Waals surface area (Å²) in [6, 6.07) is 20.9. The summed E-state index contributed by atoms with van der Waals surface area (Å²) in [5, 5.41) is 2.94. The third-order valence-electron chi connectivity index (χ3n) is 5.14. The Balaban J connectivity index is 1.37. The van der Waals surface area contributed by atoms with Crippen molar-refractivity contribution in [3.05, 3.63) is 83.7 Å². The minimum Gasteiger partial charge on any atom is -0.338 e. The molecule has 5 aromatic rings. The number of hydrogen-bond donors (Lipinski definition) is 2. The van der Waals surface area contributed by atoms with Gasteiger partial charge in [0.05, 0.1) is 33.5 Å². The van der Waals surface area contributed by atoms with Crippen molar-refractivity contribution in [3.8, 4) is 11.4 Å². The predicted octanol–water partition coefficient (Wildman–Crippen LogP) is 5.04. The highest BCUT2D eigenvalue weighted by atomic mass is 16.1. The molecule has 2 aromatic heterocycles. The van der Waals surface area contributed by atoms with E-state index in [-0.39, 0.29) is 5.91 Å². The van der Waals surface area contributed by atoms with E-state index < -0.39 is 0 Å². The van der Waals surface area contributed by atoms with Crippen LogP contribution < -0.4 is 5.32 Å². The largest absolute Gasteiger partial charge is 0.338 e. The Bertz CT molecular complexity index is 1370. The van der Waals surface area contributed by atoms with Crippen molar-refractivity contribution in [2.75, 3.05) is 5.32 Å². The maximum atomic E-state index is 12.7. The monoisotopic (exact) mass is 393 g/mol. The van der Waals surface area contributed by atoms with E-state index in [2.05, 4.69) is 25.3 Å². The van der Waals surface area contributed by atoms with Crippen LogP contribution in [0, 0.1) is 13.8 Å². The molecule has 2 heterocycles. The molecule has 0 aliphatic carbocycles. The van der Waals surface area contributed by atoms with Crippen LogP contribution >= 0.6 is 0 Å².